The molecular weight excluding hydrogens is 232 g/mol. The van der Waals surface area contributed by atoms with E-state index in [1.165, 1.54) is 0 Å². The number of rotatable bonds is 8. The van der Waals surface area contributed by atoms with Gasteiger partial charge in [0.15, 0.2) is 0 Å². The van der Waals surface area contributed by atoms with Crippen molar-refractivity contribution in [3.63, 3.8) is 0 Å². The number of hydrogen-bond acceptors (Lipinski definition) is 4. The van der Waals surface area contributed by atoms with Crippen molar-refractivity contribution < 1.29 is 22.5 Å². The maximum absolute atomic E-state index is 10.8. The minimum atomic E-state index is -3.85. The molecule has 0 aromatic rings. The average molecular weight is 250 g/mol. The highest BCUT2D eigenvalue weighted by Gasteiger charge is 2.07. The van der Waals surface area contributed by atoms with E-state index in [1.54, 1.807) is 6.92 Å². The summed E-state index contributed by atoms with van der Waals surface area (Å²) >= 11 is 0. The molecule has 0 saturated heterocycles. The second kappa shape index (κ2) is 7.40. The maximum Gasteiger partial charge on any atom is 0.330 e. The first-order chi connectivity index (χ1) is 7.35. The molecule has 6 heteroatoms. The first-order valence-electron chi connectivity index (χ1n) is 5.13. The second-order valence-corrected chi connectivity index (χ2v) is 5.16. The van der Waals surface area contributed by atoms with E-state index < -0.39 is 16.1 Å². The van der Waals surface area contributed by atoms with Gasteiger partial charge in [0.05, 0.1) is 11.9 Å². The minimum Gasteiger partial charge on any atom is -0.460 e. The standard InChI is InChI=1S/C10H18O5S/c1-3-10(11)15-9(2)7-5-4-6-8-16(12,13)14/h3,9H,1,4-8H2,2H3,(H,12,13,14). The first-order valence-corrected chi connectivity index (χ1v) is 6.74. The Labute approximate surface area is 96.2 Å². The number of hydrogen-bond donors (Lipinski definition) is 1. The molecule has 0 aliphatic carbocycles. The molecular formula is C10H18O5S. The van der Waals surface area contributed by atoms with Crippen molar-refractivity contribution in [2.24, 2.45) is 0 Å². The highest BCUT2D eigenvalue weighted by atomic mass is 32.2. The van der Waals surface area contributed by atoms with Crippen LogP contribution in [-0.2, 0) is 19.6 Å². The molecule has 0 saturated carbocycles. The summed E-state index contributed by atoms with van der Waals surface area (Å²) in [7, 11) is -3.85. The van der Waals surface area contributed by atoms with E-state index in [0.717, 1.165) is 12.5 Å². The molecule has 5 nitrogen and oxygen atoms in total. The van der Waals surface area contributed by atoms with Crippen LogP contribution < -0.4 is 0 Å². The van der Waals surface area contributed by atoms with Crippen molar-refractivity contribution in [2.75, 3.05) is 5.75 Å². The smallest absolute Gasteiger partial charge is 0.330 e. The van der Waals surface area contributed by atoms with Crippen LogP contribution in [-0.4, -0.2) is 30.8 Å². The summed E-state index contributed by atoms with van der Waals surface area (Å²) in [6.45, 7) is 5.05. The summed E-state index contributed by atoms with van der Waals surface area (Å²) in [6.07, 6.45) is 3.42. The predicted molar refractivity (Wildman–Crippen MR) is 60.6 cm³/mol. The van der Waals surface area contributed by atoms with Crippen molar-refractivity contribution >= 4 is 16.1 Å². The molecule has 94 valence electrons. The van der Waals surface area contributed by atoms with Crippen LogP contribution in [0.1, 0.15) is 32.6 Å². The molecule has 0 aliphatic heterocycles. The van der Waals surface area contributed by atoms with Crippen molar-refractivity contribution in [3.05, 3.63) is 12.7 Å². The number of carbonyl (C=O) groups is 1. The molecule has 0 aliphatic rings. The van der Waals surface area contributed by atoms with Crippen molar-refractivity contribution in [1.29, 1.82) is 0 Å². The molecule has 0 heterocycles. The molecule has 0 spiro atoms. The summed E-state index contributed by atoms with van der Waals surface area (Å²) in [6, 6.07) is 0. The van der Waals surface area contributed by atoms with Crippen LogP contribution in [0.4, 0.5) is 0 Å². The Kier molecular flexibility index (Phi) is 7.00. The zero-order valence-corrected chi connectivity index (χ0v) is 10.2. The highest BCUT2D eigenvalue weighted by Crippen LogP contribution is 2.07. The summed E-state index contributed by atoms with van der Waals surface area (Å²) in [5.74, 6) is -0.668. The Morgan fingerprint density at radius 3 is 2.56 bits per heavy atom. The quantitative estimate of drug-likeness (QED) is 0.306. The third-order valence-electron chi connectivity index (χ3n) is 2.00. The molecule has 1 unspecified atom stereocenters. The van der Waals surface area contributed by atoms with Gasteiger partial charge in [0.1, 0.15) is 0 Å². The maximum atomic E-state index is 10.8. The largest absolute Gasteiger partial charge is 0.460 e. The van der Waals surface area contributed by atoms with Gasteiger partial charge in [-0.3, -0.25) is 4.55 Å². The van der Waals surface area contributed by atoms with E-state index in [2.05, 4.69) is 6.58 Å². The normalized spacial score (nSPS) is 13.1. The van der Waals surface area contributed by atoms with Gasteiger partial charge in [-0.1, -0.05) is 13.0 Å². The Morgan fingerprint density at radius 2 is 2.06 bits per heavy atom. The van der Waals surface area contributed by atoms with E-state index in [1.807, 2.05) is 0 Å². The van der Waals surface area contributed by atoms with Crippen LogP contribution in [0.15, 0.2) is 12.7 Å². The van der Waals surface area contributed by atoms with Crippen LogP contribution in [0.5, 0.6) is 0 Å². The number of esters is 1. The fourth-order valence-electron chi connectivity index (χ4n) is 1.20. The predicted octanol–water partition coefficient (Wildman–Crippen LogP) is 1.55. The molecule has 0 aromatic carbocycles. The highest BCUT2D eigenvalue weighted by molar-refractivity contribution is 7.85. The summed E-state index contributed by atoms with van der Waals surface area (Å²) in [5, 5.41) is 0. The second-order valence-electron chi connectivity index (χ2n) is 3.59. The molecule has 0 aromatic heterocycles. The molecule has 0 fully saturated rings. The Hall–Kier alpha value is -0.880. The number of carbonyl (C=O) groups excluding carboxylic acids is 1. The zero-order chi connectivity index (χ0) is 12.6. The lowest BCUT2D eigenvalue weighted by atomic mass is 10.1. The van der Waals surface area contributed by atoms with Crippen LogP contribution >= 0.6 is 0 Å². The molecule has 1 atom stereocenters. The van der Waals surface area contributed by atoms with Gasteiger partial charge in [0, 0.05) is 6.08 Å². The van der Waals surface area contributed by atoms with Gasteiger partial charge in [-0.05, 0) is 26.2 Å². The van der Waals surface area contributed by atoms with Crippen molar-refractivity contribution in [3.8, 4) is 0 Å². The lowest BCUT2D eigenvalue weighted by molar-refractivity contribution is -0.142. The molecule has 0 bridgehead atoms. The van der Waals surface area contributed by atoms with Gasteiger partial charge in [-0.25, -0.2) is 4.79 Å². The molecule has 0 rings (SSSR count). The van der Waals surface area contributed by atoms with E-state index in [-0.39, 0.29) is 11.9 Å². The summed E-state index contributed by atoms with van der Waals surface area (Å²) in [4.78, 5) is 10.8. The minimum absolute atomic E-state index is 0.198. The van der Waals surface area contributed by atoms with Crippen LogP contribution in [0.3, 0.4) is 0 Å². The van der Waals surface area contributed by atoms with Gasteiger partial charge in [-0.2, -0.15) is 8.42 Å². The Morgan fingerprint density at radius 1 is 1.44 bits per heavy atom. The Bertz CT molecular complexity index is 320. The first kappa shape index (κ1) is 15.1. The van der Waals surface area contributed by atoms with Crippen molar-refractivity contribution in [2.45, 2.75) is 38.7 Å². The molecule has 0 amide bonds. The summed E-state index contributed by atoms with van der Waals surface area (Å²) < 4.78 is 34.2. The van der Waals surface area contributed by atoms with E-state index in [0.29, 0.717) is 19.3 Å². The third-order valence-corrected chi connectivity index (χ3v) is 2.80. The van der Waals surface area contributed by atoms with Crippen LogP contribution in [0.2, 0.25) is 0 Å². The SMILES string of the molecule is C=CC(=O)OC(C)CCCCCS(=O)(=O)O. The molecule has 1 N–H and O–H groups in total. The molecule has 16 heavy (non-hydrogen) atoms. The van der Waals surface area contributed by atoms with Crippen LogP contribution in [0, 0.1) is 0 Å². The zero-order valence-electron chi connectivity index (χ0n) is 9.39. The van der Waals surface area contributed by atoms with Gasteiger partial charge in [-0.15, -0.1) is 0 Å². The van der Waals surface area contributed by atoms with Gasteiger partial charge < -0.3 is 4.74 Å². The van der Waals surface area contributed by atoms with Gasteiger partial charge in [0.2, 0.25) is 0 Å². The Balaban J connectivity index is 3.52. The molecule has 0 radical (unpaired) electrons. The summed E-state index contributed by atoms with van der Waals surface area (Å²) in [5.41, 5.74) is 0. The van der Waals surface area contributed by atoms with Gasteiger partial charge >= 0.3 is 5.97 Å². The van der Waals surface area contributed by atoms with Gasteiger partial charge in [0.25, 0.3) is 10.1 Å². The number of ether oxygens (including phenoxy) is 1. The lowest BCUT2D eigenvalue weighted by Crippen LogP contribution is -2.12. The van der Waals surface area contributed by atoms with Crippen LogP contribution in [0.25, 0.3) is 0 Å². The average Bonchev–Trinajstić information content (AvgIpc) is 2.15. The van der Waals surface area contributed by atoms with E-state index in [4.69, 9.17) is 9.29 Å². The van der Waals surface area contributed by atoms with Crippen molar-refractivity contribution in [1.82, 2.24) is 0 Å². The van der Waals surface area contributed by atoms with E-state index >= 15 is 0 Å². The lowest BCUT2D eigenvalue weighted by Gasteiger charge is -2.10. The third kappa shape index (κ3) is 9.67. The monoisotopic (exact) mass is 250 g/mol. The number of unbranched alkanes of at least 4 members (excludes halogenated alkanes) is 2. The fourth-order valence-corrected chi connectivity index (χ4v) is 1.77. The van der Waals surface area contributed by atoms with E-state index in [9.17, 15) is 13.2 Å². The topological polar surface area (TPSA) is 80.7 Å². The fraction of sp³-hybridized carbons (Fsp3) is 0.700.